The molecule has 0 aromatic heterocycles. The van der Waals surface area contributed by atoms with E-state index in [1.807, 2.05) is 18.7 Å². The third kappa shape index (κ3) is 2.90. The normalized spacial score (nSPS) is 24.6. The van der Waals surface area contributed by atoms with Crippen molar-refractivity contribution in [3.8, 4) is 0 Å². The predicted molar refractivity (Wildman–Crippen MR) is 45.4 cm³/mol. The summed E-state index contributed by atoms with van der Waals surface area (Å²) in [4.78, 5) is 2.32. The van der Waals surface area contributed by atoms with Crippen LogP contribution in [0.4, 0.5) is 0 Å². The number of aliphatic hydroxyl groups is 1. The molecule has 1 unspecified atom stereocenters. The summed E-state index contributed by atoms with van der Waals surface area (Å²) in [5.74, 6) is 2.46. The van der Waals surface area contributed by atoms with E-state index in [-0.39, 0.29) is 6.10 Å². The van der Waals surface area contributed by atoms with Crippen molar-refractivity contribution in [2.45, 2.75) is 13.0 Å². The maximum absolute atomic E-state index is 9.06. The minimum atomic E-state index is -0.164. The number of hydrogen-bond acceptors (Lipinski definition) is 3. The molecule has 0 aliphatic carbocycles. The molecule has 0 bridgehead atoms. The summed E-state index contributed by atoms with van der Waals surface area (Å²) in [6.45, 7) is 4.99. The SMILES string of the molecule is CC(O)CN1CCSCC1. The molecule has 1 atom stereocenters. The Kier molecular flexibility index (Phi) is 3.52. The van der Waals surface area contributed by atoms with Crippen molar-refractivity contribution in [3.05, 3.63) is 0 Å². The van der Waals surface area contributed by atoms with Crippen LogP contribution in [-0.4, -0.2) is 47.3 Å². The lowest BCUT2D eigenvalue weighted by Gasteiger charge is -2.26. The van der Waals surface area contributed by atoms with E-state index in [0.717, 1.165) is 19.6 Å². The highest BCUT2D eigenvalue weighted by Crippen LogP contribution is 2.08. The molecule has 0 amide bonds. The lowest BCUT2D eigenvalue weighted by molar-refractivity contribution is 0.133. The molecule has 1 aliphatic rings. The van der Waals surface area contributed by atoms with Crippen molar-refractivity contribution in [1.29, 1.82) is 0 Å². The summed E-state index contributed by atoms with van der Waals surface area (Å²) in [6, 6.07) is 0. The third-order valence-corrected chi connectivity index (χ3v) is 2.57. The van der Waals surface area contributed by atoms with Crippen LogP contribution in [0.5, 0.6) is 0 Å². The maximum atomic E-state index is 9.06. The van der Waals surface area contributed by atoms with E-state index in [1.54, 1.807) is 0 Å². The summed E-state index contributed by atoms with van der Waals surface area (Å²) in [5, 5.41) is 9.06. The van der Waals surface area contributed by atoms with Crippen molar-refractivity contribution in [3.63, 3.8) is 0 Å². The molecule has 1 fully saturated rings. The van der Waals surface area contributed by atoms with Gasteiger partial charge in [-0.3, -0.25) is 4.90 Å². The van der Waals surface area contributed by atoms with Gasteiger partial charge in [0.2, 0.25) is 0 Å². The quantitative estimate of drug-likeness (QED) is 0.635. The first-order chi connectivity index (χ1) is 4.79. The molecule has 3 heteroatoms. The molecule has 2 nitrogen and oxygen atoms in total. The summed E-state index contributed by atoms with van der Waals surface area (Å²) < 4.78 is 0. The van der Waals surface area contributed by atoms with Gasteiger partial charge in [0.25, 0.3) is 0 Å². The summed E-state index contributed by atoms with van der Waals surface area (Å²) in [6.07, 6.45) is -0.164. The van der Waals surface area contributed by atoms with Gasteiger partial charge < -0.3 is 5.11 Å². The van der Waals surface area contributed by atoms with E-state index in [2.05, 4.69) is 4.90 Å². The molecule has 1 heterocycles. The molecule has 0 aromatic rings. The molecule has 0 radical (unpaired) electrons. The topological polar surface area (TPSA) is 23.5 Å². The lowest BCUT2D eigenvalue weighted by atomic mass is 10.3. The van der Waals surface area contributed by atoms with Crippen LogP contribution in [-0.2, 0) is 0 Å². The minimum Gasteiger partial charge on any atom is -0.392 e. The van der Waals surface area contributed by atoms with Crippen LogP contribution in [0.15, 0.2) is 0 Å². The van der Waals surface area contributed by atoms with E-state index in [0.29, 0.717) is 0 Å². The van der Waals surface area contributed by atoms with Gasteiger partial charge in [0, 0.05) is 31.1 Å². The third-order valence-electron chi connectivity index (χ3n) is 1.63. The van der Waals surface area contributed by atoms with Gasteiger partial charge in [-0.05, 0) is 6.92 Å². The van der Waals surface area contributed by atoms with Gasteiger partial charge in [0.1, 0.15) is 0 Å². The average Bonchev–Trinajstić information content (AvgIpc) is 1.88. The van der Waals surface area contributed by atoms with E-state index in [9.17, 15) is 0 Å². The van der Waals surface area contributed by atoms with Crippen molar-refractivity contribution < 1.29 is 5.11 Å². The number of rotatable bonds is 2. The Balaban J connectivity index is 2.13. The second kappa shape index (κ2) is 4.21. The number of β-amino-alcohol motifs (C(OH)–C–C–N with tert-alkyl or cyclic N) is 1. The highest BCUT2D eigenvalue weighted by molar-refractivity contribution is 7.99. The second-order valence-corrected chi connectivity index (χ2v) is 3.99. The molecule has 0 spiro atoms. The van der Waals surface area contributed by atoms with Crippen LogP contribution in [0, 0.1) is 0 Å². The van der Waals surface area contributed by atoms with Crippen molar-refractivity contribution in [1.82, 2.24) is 4.90 Å². The summed E-state index contributed by atoms with van der Waals surface area (Å²) in [7, 11) is 0. The fourth-order valence-corrected chi connectivity index (χ4v) is 2.14. The molecule has 0 aromatic carbocycles. The van der Waals surface area contributed by atoms with Gasteiger partial charge in [-0.15, -0.1) is 0 Å². The Morgan fingerprint density at radius 1 is 1.50 bits per heavy atom. The zero-order valence-corrected chi connectivity index (χ0v) is 7.23. The predicted octanol–water partition coefficient (Wildman–Crippen LogP) is 0.416. The van der Waals surface area contributed by atoms with Crippen LogP contribution in [0.3, 0.4) is 0 Å². The van der Waals surface area contributed by atoms with Crippen LogP contribution < -0.4 is 0 Å². The molecule has 60 valence electrons. The number of nitrogens with zero attached hydrogens (tertiary/aromatic N) is 1. The van der Waals surface area contributed by atoms with Gasteiger partial charge in [0.15, 0.2) is 0 Å². The Morgan fingerprint density at radius 3 is 2.60 bits per heavy atom. The van der Waals surface area contributed by atoms with Crippen LogP contribution in [0.2, 0.25) is 0 Å². The largest absolute Gasteiger partial charge is 0.392 e. The number of hydrogen-bond donors (Lipinski definition) is 1. The zero-order valence-electron chi connectivity index (χ0n) is 6.42. The Hall–Kier alpha value is 0.270. The molecule has 1 N–H and O–H groups in total. The van der Waals surface area contributed by atoms with Gasteiger partial charge in [-0.25, -0.2) is 0 Å². The van der Waals surface area contributed by atoms with Crippen molar-refractivity contribution in [2.75, 3.05) is 31.1 Å². The van der Waals surface area contributed by atoms with Crippen molar-refractivity contribution >= 4 is 11.8 Å². The Bertz CT molecular complexity index is 91.6. The standard InChI is InChI=1S/C7H15NOS/c1-7(9)6-8-2-4-10-5-3-8/h7,9H,2-6H2,1H3. The smallest absolute Gasteiger partial charge is 0.0639 e. The second-order valence-electron chi connectivity index (χ2n) is 2.76. The van der Waals surface area contributed by atoms with Gasteiger partial charge in [-0.2, -0.15) is 11.8 Å². The summed E-state index contributed by atoms with van der Waals surface area (Å²) in [5.41, 5.74) is 0. The molecule has 0 saturated carbocycles. The van der Waals surface area contributed by atoms with E-state index < -0.39 is 0 Å². The number of aliphatic hydroxyl groups excluding tert-OH is 1. The first-order valence-corrected chi connectivity index (χ1v) is 4.92. The molecular weight excluding hydrogens is 146 g/mol. The van der Waals surface area contributed by atoms with Gasteiger partial charge >= 0.3 is 0 Å². The van der Waals surface area contributed by atoms with Gasteiger partial charge in [-0.1, -0.05) is 0 Å². The zero-order chi connectivity index (χ0) is 7.40. The first kappa shape index (κ1) is 8.37. The van der Waals surface area contributed by atoms with Gasteiger partial charge in [0.05, 0.1) is 6.10 Å². The van der Waals surface area contributed by atoms with E-state index in [4.69, 9.17) is 5.11 Å². The van der Waals surface area contributed by atoms with E-state index in [1.165, 1.54) is 11.5 Å². The van der Waals surface area contributed by atoms with Crippen LogP contribution in [0.1, 0.15) is 6.92 Å². The monoisotopic (exact) mass is 161 g/mol. The Morgan fingerprint density at radius 2 is 2.10 bits per heavy atom. The van der Waals surface area contributed by atoms with E-state index >= 15 is 0 Å². The van der Waals surface area contributed by atoms with Crippen LogP contribution >= 0.6 is 11.8 Å². The number of thioether (sulfide) groups is 1. The highest BCUT2D eigenvalue weighted by Gasteiger charge is 2.11. The molecule has 1 rings (SSSR count). The molecule has 1 saturated heterocycles. The van der Waals surface area contributed by atoms with Crippen LogP contribution in [0.25, 0.3) is 0 Å². The lowest BCUT2D eigenvalue weighted by Crippen LogP contribution is -2.37. The fraction of sp³-hybridized carbons (Fsp3) is 1.00. The maximum Gasteiger partial charge on any atom is 0.0639 e. The average molecular weight is 161 g/mol. The minimum absolute atomic E-state index is 0.164. The molecule has 1 aliphatic heterocycles. The highest BCUT2D eigenvalue weighted by atomic mass is 32.2. The van der Waals surface area contributed by atoms with Crippen molar-refractivity contribution in [2.24, 2.45) is 0 Å². The fourth-order valence-electron chi connectivity index (χ4n) is 1.16. The summed E-state index contributed by atoms with van der Waals surface area (Å²) >= 11 is 2.00. The first-order valence-electron chi connectivity index (χ1n) is 3.77. The molecule has 10 heavy (non-hydrogen) atoms. The Labute approximate surface area is 66.6 Å². The molecular formula is C7H15NOS.